The SMILES string of the molecule is CC(C)OC(=O)[C@@H](C)NP(=O)(OC[C@H]1OC(n2ccc(NC(=O)c3ccc(Cl)c(Cl)c3)nc2=O)C(F)(F)[C@@H]1O)Oc1ccccc1. The lowest BCUT2D eigenvalue weighted by Gasteiger charge is -2.25. The Kier molecular flexibility index (Phi) is 11.2. The third-order valence-corrected chi connectivity index (χ3v) is 8.70. The highest BCUT2D eigenvalue weighted by Gasteiger charge is 2.60. The van der Waals surface area contributed by atoms with E-state index in [1.807, 2.05) is 0 Å². The van der Waals surface area contributed by atoms with Crippen molar-refractivity contribution < 1.29 is 46.6 Å². The lowest BCUT2D eigenvalue weighted by molar-refractivity contribution is -0.149. The molecule has 1 saturated heterocycles. The number of benzene rings is 2. The smallest absolute Gasteiger partial charge is 0.459 e. The summed E-state index contributed by atoms with van der Waals surface area (Å²) >= 11 is 11.8. The van der Waals surface area contributed by atoms with Crippen molar-refractivity contribution in [1.29, 1.82) is 0 Å². The van der Waals surface area contributed by atoms with Gasteiger partial charge in [0, 0.05) is 11.8 Å². The Labute approximate surface area is 271 Å². The average molecular weight is 705 g/mol. The molecule has 0 spiro atoms. The molecule has 5 atom stereocenters. The number of hydrogen-bond acceptors (Lipinski definition) is 10. The summed E-state index contributed by atoms with van der Waals surface area (Å²) in [4.78, 5) is 41.2. The number of nitrogens with zero attached hydrogens (tertiary/aromatic N) is 2. The number of nitrogens with one attached hydrogen (secondary N) is 2. The van der Waals surface area contributed by atoms with Crippen LogP contribution in [0.5, 0.6) is 5.75 Å². The molecule has 0 aliphatic carbocycles. The molecular formula is C28H29Cl2F2N4O9P. The van der Waals surface area contributed by atoms with Crippen molar-refractivity contribution in [3.8, 4) is 5.75 Å². The molecule has 4 rings (SSSR count). The van der Waals surface area contributed by atoms with Crippen LogP contribution in [0, 0.1) is 0 Å². The molecule has 46 heavy (non-hydrogen) atoms. The Hall–Kier alpha value is -3.43. The number of esters is 1. The molecule has 1 aromatic heterocycles. The van der Waals surface area contributed by atoms with Crippen molar-refractivity contribution in [3.63, 3.8) is 0 Å². The number of carbonyl (C=O) groups is 2. The Balaban J connectivity index is 1.49. The number of amides is 1. The number of alkyl halides is 2. The lowest BCUT2D eigenvalue weighted by atomic mass is 10.1. The van der Waals surface area contributed by atoms with E-state index >= 15 is 8.78 Å². The number of aromatic nitrogens is 2. The van der Waals surface area contributed by atoms with Crippen LogP contribution in [0.25, 0.3) is 0 Å². The molecule has 2 unspecified atom stereocenters. The van der Waals surface area contributed by atoms with Gasteiger partial charge in [-0.2, -0.15) is 18.9 Å². The van der Waals surface area contributed by atoms with E-state index in [9.17, 15) is 24.1 Å². The minimum atomic E-state index is -4.49. The Morgan fingerprint density at radius 3 is 2.46 bits per heavy atom. The number of halogens is 4. The first kappa shape index (κ1) is 35.4. The predicted molar refractivity (Wildman–Crippen MR) is 162 cm³/mol. The van der Waals surface area contributed by atoms with E-state index in [2.05, 4.69) is 15.4 Å². The van der Waals surface area contributed by atoms with Gasteiger partial charge < -0.3 is 24.4 Å². The molecule has 13 nitrogen and oxygen atoms in total. The van der Waals surface area contributed by atoms with E-state index in [0.717, 1.165) is 12.3 Å². The number of para-hydroxylation sites is 1. The first-order valence-corrected chi connectivity index (χ1v) is 15.9. The molecule has 1 aliphatic rings. The Bertz CT molecular complexity index is 1680. The zero-order valence-electron chi connectivity index (χ0n) is 24.4. The van der Waals surface area contributed by atoms with E-state index in [-0.39, 0.29) is 27.2 Å². The van der Waals surface area contributed by atoms with Crippen molar-refractivity contribution in [2.45, 2.75) is 57.3 Å². The fraction of sp³-hybridized carbons (Fsp3) is 0.357. The first-order chi connectivity index (χ1) is 21.6. The van der Waals surface area contributed by atoms with Crippen molar-refractivity contribution in [3.05, 3.63) is 86.9 Å². The minimum absolute atomic E-state index is 0.0582. The van der Waals surface area contributed by atoms with Gasteiger partial charge in [-0.3, -0.25) is 18.7 Å². The number of hydrogen-bond donors (Lipinski definition) is 3. The number of aliphatic hydroxyl groups is 1. The van der Waals surface area contributed by atoms with E-state index in [0.29, 0.717) is 4.57 Å². The van der Waals surface area contributed by atoms with Gasteiger partial charge in [-0.25, -0.2) is 9.36 Å². The van der Waals surface area contributed by atoms with Crippen LogP contribution in [-0.4, -0.2) is 63.4 Å². The molecule has 0 radical (unpaired) electrons. The van der Waals surface area contributed by atoms with E-state index in [4.69, 9.17) is 41.7 Å². The summed E-state index contributed by atoms with van der Waals surface area (Å²) in [6.45, 7) is 3.63. The highest BCUT2D eigenvalue weighted by Crippen LogP contribution is 2.48. The molecule has 3 N–H and O–H groups in total. The monoisotopic (exact) mass is 704 g/mol. The van der Waals surface area contributed by atoms with Crippen LogP contribution in [0.4, 0.5) is 14.6 Å². The van der Waals surface area contributed by atoms with Crippen molar-refractivity contribution in [2.24, 2.45) is 0 Å². The second kappa shape index (κ2) is 14.6. The van der Waals surface area contributed by atoms with Crippen molar-refractivity contribution >= 4 is 48.6 Å². The van der Waals surface area contributed by atoms with Gasteiger partial charge in [0.15, 0.2) is 6.10 Å². The van der Waals surface area contributed by atoms with Crippen LogP contribution in [0.15, 0.2) is 65.6 Å². The zero-order chi connectivity index (χ0) is 33.8. The minimum Gasteiger partial charge on any atom is -0.462 e. The number of aliphatic hydroxyl groups excluding tert-OH is 1. The van der Waals surface area contributed by atoms with Crippen molar-refractivity contribution in [2.75, 3.05) is 11.9 Å². The summed E-state index contributed by atoms with van der Waals surface area (Å²) in [5.41, 5.74) is -1.16. The number of ether oxygens (including phenoxy) is 2. The maximum absolute atomic E-state index is 15.2. The second-order valence-electron chi connectivity index (χ2n) is 10.3. The van der Waals surface area contributed by atoms with E-state index in [1.54, 1.807) is 32.0 Å². The van der Waals surface area contributed by atoms with Crippen LogP contribution < -0.4 is 20.6 Å². The molecule has 248 valence electrons. The van der Waals surface area contributed by atoms with Crippen LogP contribution in [0.1, 0.15) is 37.4 Å². The molecule has 1 amide bonds. The third-order valence-electron chi connectivity index (χ3n) is 6.32. The largest absolute Gasteiger partial charge is 0.462 e. The summed E-state index contributed by atoms with van der Waals surface area (Å²) in [7, 11) is -4.49. The topological polar surface area (TPSA) is 167 Å². The van der Waals surface area contributed by atoms with Gasteiger partial charge in [0.1, 0.15) is 23.7 Å². The molecule has 1 aliphatic heterocycles. The van der Waals surface area contributed by atoms with Crippen LogP contribution in [0.2, 0.25) is 10.0 Å². The summed E-state index contributed by atoms with van der Waals surface area (Å²) in [5, 5.41) is 15.5. The molecule has 3 aromatic rings. The van der Waals surface area contributed by atoms with Gasteiger partial charge in [-0.1, -0.05) is 41.4 Å². The fourth-order valence-electron chi connectivity index (χ4n) is 4.10. The highest BCUT2D eigenvalue weighted by atomic mass is 35.5. The van der Waals surface area contributed by atoms with Crippen LogP contribution >= 0.6 is 30.9 Å². The van der Waals surface area contributed by atoms with Crippen LogP contribution in [-0.2, 0) is 23.4 Å². The van der Waals surface area contributed by atoms with Gasteiger partial charge in [0.2, 0.25) is 6.23 Å². The number of rotatable bonds is 12. The summed E-state index contributed by atoms with van der Waals surface area (Å²) in [6.07, 6.45) is -6.32. The fourth-order valence-corrected chi connectivity index (χ4v) is 5.90. The normalized spacial score (nSPS) is 20.9. The maximum Gasteiger partial charge on any atom is 0.459 e. The first-order valence-electron chi connectivity index (χ1n) is 13.6. The van der Waals surface area contributed by atoms with E-state index < -0.39 is 68.4 Å². The molecule has 1 fully saturated rings. The van der Waals surface area contributed by atoms with Gasteiger partial charge in [0.05, 0.1) is 22.8 Å². The summed E-state index contributed by atoms with van der Waals surface area (Å²) < 4.78 is 65.8. The van der Waals surface area contributed by atoms with Gasteiger partial charge in [-0.15, -0.1) is 0 Å². The predicted octanol–water partition coefficient (Wildman–Crippen LogP) is 4.83. The standard InChI is InChI=1S/C28H29Cl2F2N4O9P/c1-15(2)43-25(39)16(3)35-46(41,45-18-7-5-4-6-8-18)42-14-21-23(37)28(31,32)26(44-21)36-12-11-22(34-27(36)40)33-24(38)17-9-10-19(29)20(30)13-17/h4-13,15-16,21,23,26,37H,14H2,1-3H3,(H,35,41)(H,33,34,38,40)/t16-,21-,23-,26?,46?/m1/s1. The average Bonchev–Trinajstić information content (AvgIpc) is 3.21. The lowest BCUT2D eigenvalue weighted by Crippen LogP contribution is -2.42. The molecular weight excluding hydrogens is 676 g/mol. The third kappa shape index (κ3) is 8.48. The van der Waals surface area contributed by atoms with Gasteiger partial charge in [0.25, 0.3) is 5.91 Å². The number of anilines is 1. The van der Waals surface area contributed by atoms with E-state index in [1.165, 1.54) is 37.3 Å². The molecule has 0 bridgehead atoms. The zero-order valence-corrected chi connectivity index (χ0v) is 26.8. The Morgan fingerprint density at radius 1 is 1.13 bits per heavy atom. The van der Waals surface area contributed by atoms with Gasteiger partial charge in [-0.05, 0) is 57.2 Å². The quantitative estimate of drug-likeness (QED) is 0.175. The molecule has 18 heteroatoms. The molecule has 0 saturated carbocycles. The Morgan fingerprint density at radius 2 is 1.83 bits per heavy atom. The molecule has 2 aromatic carbocycles. The van der Waals surface area contributed by atoms with Gasteiger partial charge >= 0.3 is 25.3 Å². The number of carbonyl (C=O) groups excluding carboxylic acids is 2. The molecule has 2 heterocycles. The van der Waals surface area contributed by atoms with Crippen LogP contribution in [0.3, 0.4) is 0 Å². The summed E-state index contributed by atoms with van der Waals surface area (Å²) in [6, 6.07) is 11.6. The summed E-state index contributed by atoms with van der Waals surface area (Å²) in [5.74, 6) is -5.77. The highest BCUT2D eigenvalue weighted by molar-refractivity contribution is 7.52. The van der Waals surface area contributed by atoms with Crippen molar-refractivity contribution in [1.82, 2.24) is 14.6 Å². The maximum atomic E-state index is 15.2. The second-order valence-corrected chi connectivity index (χ2v) is 12.8.